The number of halogens is 4. The minimum Gasteiger partial charge on any atom is -0.294 e. The zero-order chi connectivity index (χ0) is 17.2. The minimum atomic E-state index is -0.139. The van der Waals surface area contributed by atoms with Crippen LogP contribution < -0.4 is 0 Å². The van der Waals surface area contributed by atoms with E-state index in [1.54, 1.807) is 48.5 Å². The third kappa shape index (κ3) is 7.67. The van der Waals surface area contributed by atoms with Crippen LogP contribution >= 0.6 is 46.4 Å². The van der Waals surface area contributed by atoms with E-state index in [2.05, 4.69) is 0 Å². The lowest BCUT2D eigenvalue weighted by molar-refractivity contribution is 0.0894. The SMILES string of the molecule is ClC(Cl)=C(Cl)Cl.O=C(CC(=O)c1ccccc1)c1ccccc1. The molecule has 0 aromatic heterocycles. The van der Waals surface area contributed by atoms with Gasteiger partial charge in [-0.25, -0.2) is 0 Å². The summed E-state index contributed by atoms with van der Waals surface area (Å²) in [5.41, 5.74) is 1.16. The number of rotatable bonds is 4. The average Bonchev–Trinajstić information content (AvgIpc) is 2.57. The highest BCUT2D eigenvalue weighted by Crippen LogP contribution is 2.20. The first kappa shape index (κ1) is 19.7. The summed E-state index contributed by atoms with van der Waals surface area (Å²) < 4.78 is -0.198. The molecule has 0 atom stereocenters. The predicted octanol–water partition coefficient (Wildman–Crippen LogP) is 6.21. The Kier molecular flexibility index (Phi) is 8.97. The highest BCUT2D eigenvalue weighted by molar-refractivity contribution is 6.67. The Balaban J connectivity index is 0.000000379. The quantitative estimate of drug-likeness (QED) is 0.460. The summed E-state index contributed by atoms with van der Waals surface area (Å²) in [4.78, 5) is 23.6. The summed E-state index contributed by atoms with van der Waals surface area (Å²) in [6.07, 6.45) is -0.0754. The van der Waals surface area contributed by atoms with Crippen molar-refractivity contribution in [3.05, 3.63) is 80.8 Å². The molecule has 0 amide bonds. The summed E-state index contributed by atoms with van der Waals surface area (Å²) in [7, 11) is 0. The van der Waals surface area contributed by atoms with E-state index in [1.807, 2.05) is 12.1 Å². The molecular weight excluding hydrogens is 378 g/mol. The second-order valence-corrected chi connectivity index (χ2v) is 6.17. The van der Waals surface area contributed by atoms with Crippen LogP contribution in [0.3, 0.4) is 0 Å². The molecular formula is C17H12Cl4O2. The van der Waals surface area contributed by atoms with Gasteiger partial charge in [-0.05, 0) is 0 Å². The summed E-state index contributed by atoms with van der Waals surface area (Å²) >= 11 is 20.0. The molecule has 0 spiro atoms. The predicted molar refractivity (Wildman–Crippen MR) is 96.6 cm³/mol. The normalized spacial score (nSPS) is 9.39. The van der Waals surface area contributed by atoms with Crippen LogP contribution in [0.2, 0.25) is 0 Å². The lowest BCUT2D eigenvalue weighted by Gasteiger charge is -2.00. The number of ketones is 2. The van der Waals surface area contributed by atoms with Crippen LogP contribution in [0.1, 0.15) is 27.1 Å². The Morgan fingerprint density at radius 3 is 1.17 bits per heavy atom. The van der Waals surface area contributed by atoms with Crippen molar-refractivity contribution < 1.29 is 9.59 Å². The van der Waals surface area contributed by atoms with E-state index in [4.69, 9.17) is 46.4 Å². The Morgan fingerprint density at radius 1 is 0.609 bits per heavy atom. The maximum Gasteiger partial charge on any atom is 0.170 e. The van der Waals surface area contributed by atoms with Crippen molar-refractivity contribution in [1.29, 1.82) is 0 Å². The Bertz CT molecular complexity index is 615. The fourth-order valence-corrected chi connectivity index (χ4v) is 1.60. The fourth-order valence-electron chi connectivity index (χ4n) is 1.60. The van der Waals surface area contributed by atoms with Crippen LogP contribution in [0.25, 0.3) is 0 Å². The first-order valence-electron chi connectivity index (χ1n) is 6.44. The molecule has 0 heterocycles. The van der Waals surface area contributed by atoms with Crippen molar-refractivity contribution in [1.82, 2.24) is 0 Å². The largest absolute Gasteiger partial charge is 0.294 e. The van der Waals surface area contributed by atoms with Gasteiger partial charge in [-0.1, -0.05) is 107 Å². The lowest BCUT2D eigenvalue weighted by Crippen LogP contribution is -2.08. The molecule has 0 radical (unpaired) electrons. The molecule has 0 aliphatic carbocycles. The van der Waals surface area contributed by atoms with Gasteiger partial charge < -0.3 is 0 Å². The van der Waals surface area contributed by atoms with Gasteiger partial charge in [-0.2, -0.15) is 0 Å². The Labute approximate surface area is 154 Å². The topological polar surface area (TPSA) is 34.1 Å². The molecule has 0 saturated heterocycles. The average molecular weight is 390 g/mol. The van der Waals surface area contributed by atoms with Gasteiger partial charge in [0.25, 0.3) is 0 Å². The smallest absolute Gasteiger partial charge is 0.170 e. The first-order valence-corrected chi connectivity index (χ1v) is 7.95. The van der Waals surface area contributed by atoms with E-state index in [9.17, 15) is 9.59 Å². The molecule has 0 saturated carbocycles. The lowest BCUT2D eigenvalue weighted by atomic mass is 10.0. The van der Waals surface area contributed by atoms with Gasteiger partial charge >= 0.3 is 0 Å². The maximum absolute atomic E-state index is 11.8. The summed E-state index contributed by atoms with van der Waals surface area (Å²) in [6.45, 7) is 0. The molecule has 0 aliphatic rings. The van der Waals surface area contributed by atoms with Gasteiger partial charge in [0.2, 0.25) is 0 Å². The van der Waals surface area contributed by atoms with Gasteiger partial charge in [0.05, 0.1) is 6.42 Å². The third-order valence-corrected chi connectivity index (χ3v) is 3.80. The first-order chi connectivity index (χ1) is 10.9. The van der Waals surface area contributed by atoms with Crippen LogP contribution in [-0.2, 0) is 0 Å². The van der Waals surface area contributed by atoms with Gasteiger partial charge in [-0.3, -0.25) is 9.59 Å². The van der Waals surface area contributed by atoms with Crippen molar-refractivity contribution in [2.45, 2.75) is 6.42 Å². The highest BCUT2D eigenvalue weighted by atomic mass is 35.5. The number of Topliss-reactive ketones (excluding diaryl/α,β-unsaturated/α-hetero) is 2. The molecule has 0 aliphatic heterocycles. The van der Waals surface area contributed by atoms with Crippen LogP contribution in [0, 0.1) is 0 Å². The molecule has 2 aromatic carbocycles. The summed E-state index contributed by atoms with van der Waals surface area (Å²) in [6, 6.07) is 17.7. The number of carbonyl (C=O) groups is 2. The van der Waals surface area contributed by atoms with Crippen molar-refractivity contribution in [2.75, 3.05) is 0 Å². The summed E-state index contributed by atoms with van der Waals surface area (Å²) in [5.74, 6) is -0.279. The third-order valence-electron chi connectivity index (χ3n) is 2.66. The van der Waals surface area contributed by atoms with E-state index in [0.29, 0.717) is 11.1 Å². The van der Waals surface area contributed by atoms with Crippen molar-refractivity contribution in [3.8, 4) is 0 Å². The van der Waals surface area contributed by atoms with E-state index in [-0.39, 0.29) is 27.0 Å². The molecule has 0 fully saturated rings. The zero-order valence-corrected chi connectivity index (χ0v) is 14.8. The Morgan fingerprint density at radius 2 is 0.913 bits per heavy atom. The highest BCUT2D eigenvalue weighted by Gasteiger charge is 2.12. The zero-order valence-electron chi connectivity index (χ0n) is 11.8. The molecule has 0 bridgehead atoms. The number of carbonyl (C=O) groups excluding carboxylic acids is 2. The molecule has 2 aromatic rings. The molecule has 23 heavy (non-hydrogen) atoms. The van der Waals surface area contributed by atoms with Gasteiger partial charge in [0.1, 0.15) is 8.98 Å². The number of benzene rings is 2. The molecule has 0 unspecified atom stereocenters. The number of hydrogen-bond donors (Lipinski definition) is 0. The van der Waals surface area contributed by atoms with Crippen LogP contribution in [0.4, 0.5) is 0 Å². The van der Waals surface area contributed by atoms with Gasteiger partial charge in [-0.15, -0.1) is 0 Å². The second-order valence-electron chi connectivity index (χ2n) is 4.28. The summed E-state index contributed by atoms with van der Waals surface area (Å²) in [5, 5.41) is 0. The van der Waals surface area contributed by atoms with Crippen molar-refractivity contribution >= 4 is 58.0 Å². The van der Waals surface area contributed by atoms with Crippen molar-refractivity contribution in [3.63, 3.8) is 0 Å². The molecule has 0 N–H and O–H groups in total. The minimum absolute atomic E-state index is 0.0754. The van der Waals surface area contributed by atoms with Crippen molar-refractivity contribution in [2.24, 2.45) is 0 Å². The van der Waals surface area contributed by atoms with Gasteiger partial charge in [0, 0.05) is 11.1 Å². The van der Waals surface area contributed by atoms with E-state index in [0.717, 1.165) is 0 Å². The van der Waals surface area contributed by atoms with E-state index < -0.39 is 0 Å². The van der Waals surface area contributed by atoms with E-state index >= 15 is 0 Å². The van der Waals surface area contributed by atoms with Gasteiger partial charge in [0.15, 0.2) is 11.6 Å². The molecule has 6 heteroatoms. The number of hydrogen-bond acceptors (Lipinski definition) is 2. The van der Waals surface area contributed by atoms with Crippen LogP contribution in [-0.4, -0.2) is 11.6 Å². The Hall–Kier alpha value is -1.32. The maximum atomic E-state index is 11.8. The fraction of sp³-hybridized carbons (Fsp3) is 0.0588. The van der Waals surface area contributed by atoms with Crippen LogP contribution in [0.5, 0.6) is 0 Å². The second kappa shape index (κ2) is 10.5. The van der Waals surface area contributed by atoms with E-state index in [1.165, 1.54) is 0 Å². The molecule has 120 valence electrons. The molecule has 2 rings (SSSR count). The standard InChI is InChI=1S/C15H12O2.C2Cl4/c16-14(12-7-3-1-4-8-12)11-15(17)13-9-5-2-6-10-13;3-1(4)2(5)6/h1-10H,11H2;. The van der Waals surface area contributed by atoms with Crippen LogP contribution in [0.15, 0.2) is 69.6 Å². The monoisotopic (exact) mass is 388 g/mol. The molecule has 2 nitrogen and oxygen atoms in total.